The fourth-order valence-corrected chi connectivity index (χ4v) is 5.01. The first-order valence-corrected chi connectivity index (χ1v) is 13.5. The van der Waals surface area contributed by atoms with Gasteiger partial charge in [0.1, 0.15) is 5.82 Å². The fraction of sp³-hybridized carbons (Fsp3) is 0.400. The van der Waals surface area contributed by atoms with Crippen LogP contribution in [0, 0.1) is 19.7 Å². The van der Waals surface area contributed by atoms with Gasteiger partial charge in [0.15, 0.2) is 0 Å². The summed E-state index contributed by atoms with van der Waals surface area (Å²) in [5.74, 6) is -0.0819. The van der Waals surface area contributed by atoms with Crippen LogP contribution in [0.25, 0.3) is 11.3 Å². The molecule has 0 aliphatic heterocycles. The van der Waals surface area contributed by atoms with Crippen molar-refractivity contribution in [2.75, 3.05) is 0 Å². The maximum Gasteiger partial charge on any atom is 0.418 e. The number of benzene rings is 1. The lowest BCUT2D eigenvalue weighted by atomic mass is 9.84. The number of alkyl halides is 3. The number of pyridine rings is 1. The molecule has 0 amide bonds. The van der Waals surface area contributed by atoms with Gasteiger partial charge in [-0.25, -0.2) is 9.07 Å². The van der Waals surface area contributed by atoms with Gasteiger partial charge in [-0.1, -0.05) is 31.4 Å². The van der Waals surface area contributed by atoms with Crippen LogP contribution in [0.5, 0.6) is 0 Å². The van der Waals surface area contributed by atoms with Crippen LogP contribution in [0.15, 0.2) is 59.7 Å². The molecule has 0 spiro atoms. The Morgan fingerprint density at radius 2 is 1.75 bits per heavy atom. The smallest absolute Gasteiger partial charge is 0.272 e. The van der Waals surface area contributed by atoms with Crippen molar-refractivity contribution in [1.82, 2.24) is 24.5 Å². The molecule has 1 saturated carbocycles. The topological polar surface area (TPSA) is 65.6 Å². The molecule has 0 N–H and O–H groups in total. The highest BCUT2D eigenvalue weighted by atomic mass is 19.4. The zero-order valence-electron chi connectivity index (χ0n) is 22.9. The van der Waals surface area contributed by atoms with E-state index in [1.165, 1.54) is 24.4 Å². The summed E-state index contributed by atoms with van der Waals surface area (Å²) < 4.78 is 55.6. The van der Waals surface area contributed by atoms with E-state index in [0.29, 0.717) is 17.8 Å². The minimum Gasteiger partial charge on any atom is -0.272 e. The van der Waals surface area contributed by atoms with Crippen molar-refractivity contribution in [2.24, 2.45) is 0 Å². The number of halogens is 4. The first kappa shape index (κ1) is 29.2. The molecule has 0 atom stereocenters. The third-order valence-electron chi connectivity index (χ3n) is 7.07. The Balaban J connectivity index is 0.000000398. The molecule has 5 rings (SSSR count). The molecule has 0 bridgehead atoms. The highest BCUT2D eigenvalue weighted by Gasteiger charge is 2.34. The number of rotatable bonds is 5. The molecule has 10 heteroatoms. The van der Waals surface area contributed by atoms with E-state index >= 15 is 0 Å². The summed E-state index contributed by atoms with van der Waals surface area (Å²) in [6.45, 7) is 6.03. The third kappa shape index (κ3) is 7.03. The van der Waals surface area contributed by atoms with Crippen molar-refractivity contribution < 1.29 is 17.6 Å². The first-order chi connectivity index (χ1) is 19.1. The lowest BCUT2D eigenvalue weighted by molar-refractivity contribution is -0.138. The zero-order valence-corrected chi connectivity index (χ0v) is 22.9. The predicted octanol–water partition coefficient (Wildman–Crippen LogP) is 7.08. The van der Waals surface area contributed by atoms with Gasteiger partial charge in [-0.05, 0) is 75.4 Å². The van der Waals surface area contributed by atoms with Crippen LogP contribution in [-0.4, -0.2) is 24.5 Å². The molecule has 1 aromatic carbocycles. The Morgan fingerprint density at radius 3 is 2.35 bits per heavy atom. The summed E-state index contributed by atoms with van der Waals surface area (Å²) in [5, 5.41) is 8.93. The average Bonchev–Trinajstić information content (AvgIpc) is 3.31. The van der Waals surface area contributed by atoms with Crippen molar-refractivity contribution in [1.29, 1.82) is 0 Å². The Morgan fingerprint density at radius 1 is 1.00 bits per heavy atom. The van der Waals surface area contributed by atoms with E-state index in [2.05, 4.69) is 15.2 Å². The van der Waals surface area contributed by atoms with Crippen molar-refractivity contribution in [3.63, 3.8) is 0 Å². The van der Waals surface area contributed by atoms with Gasteiger partial charge in [0.05, 0.1) is 29.2 Å². The molecule has 3 aromatic heterocycles. The molecule has 0 unspecified atom stereocenters. The van der Waals surface area contributed by atoms with Crippen LogP contribution >= 0.6 is 0 Å². The monoisotopic (exact) mass is 555 g/mol. The molecule has 0 radical (unpaired) electrons. The van der Waals surface area contributed by atoms with Crippen LogP contribution in [-0.2, 0) is 19.3 Å². The van der Waals surface area contributed by atoms with Gasteiger partial charge < -0.3 is 0 Å². The number of hydrogen-bond acceptors (Lipinski definition) is 4. The van der Waals surface area contributed by atoms with E-state index < -0.39 is 11.7 Å². The van der Waals surface area contributed by atoms with Gasteiger partial charge in [0, 0.05) is 30.1 Å². The average molecular weight is 556 g/mol. The lowest BCUT2D eigenvalue weighted by Gasteiger charge is -2.22. The largest absolute Gasteiger partial charge is 0.418 e. The SMILES string of the molecule is CCn1cc(-c2cc(C3CCCCC3)c(=O)n(Cc3ncccc3C(F)(F)F)n2)c(C)n1.Cc1cccc(F)c1. The van der Waals surface area contributed by atoms with E-state index in [1.807, 2.05) is 39.1 Å². The van der Waals surface area contributed by atoms with Crippen LogP contribution < -0.4 is 5.56 Å². The molecule has 1 aliphatic rings. The van der Waals surface area contributed by atoms with Crippen molar-refractivity contribution in [3.05, 3.63) is 99.1 Å². The van der Waals surface area contributed by atoms with Crippen molar-refractivity contribution in [2.45, 2.75) is 78.1 Å². The molecular formula is C30H33F4N5O. The molecule has 1 aliphatic carbocycles. The van der Waals surface area contributed by atoms with Crippen molar-refractivity contribution >= 4 is 0 Å². The first-order valence-electron chi connectivity index (χ1n) is 13.5. The summed E-state index contributed by atoms with van der Waals surface area (Å²) in [4.78, 5) is 17.3. The van der Waals surface area contributed by atoms with Crippen molar-refractivity contribution in [3.8, 4) is 11.3 Å². The molecule has 0 saturated heterocycles. The fourth-order valence-electron chi connectivity index (χ4n) is 5.01. The molecule has 40 heavy (non-hydrogen) atoms. The van der Waals surface area contributed by atoms with E-state index in [-0.39, 0.29) is 29.5 Å². The molecule has 4 aromatic rings. The highest BCUT2D eigenvalue weighted by molar-refractivity contribution is 5.61. The van der Waals surface area contributed by atoms with Gasteiger partial charge >= 0.3 is 6.18 Å². The minimum absolute atomic E-state index is 0.0802. The van der Waals surface area contributed by atoms with E-state index in [1.54, 1.807) is 10.7 Å². The Kier molecular flexibility index (Phi) is 9.17. The standard InChI is InChI=1S/C23H26F3N5O.C7H7F/c1-3-30-13-18(15(2)28-30)20-12-17(16-8-5-4-6-9-16)22(32)31(29-20)14-21-19(23(24,25)26)10-7-11-27-21;1-6-3-2-4-7(8)5-6/h7,10-13,16H,3-6,8-9,14H2,1-2H3;2-5H,1H3. The molecule has 212 valence electrons. The normalized spacial score (nSPS) is 14.1. The van der Waals surface area contributed by atoms with Gasteiger partial charge in [-0.2, -0.15) is 23.4 Å². The second kappa shape index (κ2) is 12.6. The number of nitrogens with zero attached hydrogens (tertiary/aromatic N) is 5. The van der Waals surface area contributed by atoms with Gasteiger partial charge in [0.25, 0.3) is 5.56 Å². The van der Waals surface area contributed by atoms with E-state index in [0.717, 1.165) is 59.7 Å². The molecular weight excluding hydrogens is 522 g/mol. The third-order valence-corrected chi connectivity index (χ3v) is 7.07. The number of aromatic nitrogens is 5. The number of aryl methyl sites for hydroxylation is 3. The minimum atomic E-state index is -4.56. The summed E-state index contributed by atoms with van der Waals surface area (Å²) in [5.41, 5.74) is 2.23. The van der Waals surface area contributed by atoms with Crippen LogP contribution in [0.3, 0.4) is 0 Å². The Labute approximate surface area is 230 Å². The highest BCUT2D eigenvalue weighted by Crippen LogP contribution is 2.34. The van der Waals surface area contributed by atoms with E-state index in [4.69, 9.17) is 0 Å². The summed E-state index contributed by atoms with van der Waals surface area (Å²) >= 11 is 0. The maximum absolute atomic E-state index is 13.5. The number of hydrogen-bond donors (Lipinski definition) is 0. The summed E-state index contributed by atoms with van der Waals surface area (Å²) in [6, 6.07) is 10.5. The van der Waals surface area contributed by atoms with Crippen LogP contribution in [0.1, 0.15) is 73.0 Å². The second-order valence-corrected chi connectivity index (χ2v) is 10.1. The van der Waals surface area contributed by atoms with Crippen LogP contribution in [0.4, 0.5) is 17.6 Å². The van der Waals surface area contributed by atoms with E-state index in [9.17, 15) is 22.4 Å². The van der Waals surface area contributed by atoms with Gasteiger partial charge in [0.2, 0.25) is 0 Å². The Hall–Kier alpha value is -3.82. The molecule has 1 fully saturated rings. The van der Waals surface area contributed by atoms with Gasteiger partial charge in [-0.3, -0.25) is 14.5 Å². The van der Waals surface area contributed by atoms with Crippen LogP contribution in [0.2, 0.25) is 0 Å². The summed E-state index contributed by atoms with van der Waals surface area (Å²) in [7, 11) is 0. The van der Waals surface area contributed by atoms with Gasteiger partial charge in [-0.15, -0.1) is 0 Å². The maximum atomic E-state index is 13.5. The molecule has 3 heterocycles. The summed E-state index contributed by atoms with van der Waals surface area (Å²) in [6.07, 6.45) is 3.59. The molecule has 6 nitrogen and oxygen atoms in total. The lowest BCUT2D eigenvalue weighted by Crippen LogP contribution is -2.30. The zero-order chi connectivity index (χ0) is 28.9. The second-order valence-electron chi connectivity index (χ2n) is 10.1. The Bertz CT molecular complexity index is 1490. The predicted molar refractivity (Wildman–Crippen MR) is 145 cm³/mol. The quantitative estimate of drug-likeness (QED) is 0.247.